The molecule has 2 atom stereocenters. The Morgan fingerprint density at radius 3 is 2.54 bits per heavy atom. The second kappa shape index (κ2) is 8.28. The number of carbonyl (C=O) groups excluding carboxylic acids is 1. The standard InChI is InChI=1S/C19H27ClN2O3S/c1-14(17-8-4-5-9-18(17)20)21-12-19(23)22(15-6-2-3-7-15)16-10-11-26(24,25)13-16/h4-5,8-9,14-16,21H,2-3,6-7,10-13H2,1H3/p+1/t14-,16-/m0/s1. The van der Waals surface area contributed by atoms with Gasteiger partial charge in [0.15, 0.2) is 16.4 Å². The van der Waals surface area contributed by atoms with Crippen LogP contribution in [0.25, 0.3) is 0 Å². The van der Waals surface area contributed by atoms with Gasteiger partial charge in [0.05, 0.1) is 11.5 Å². The molecule has 0 bridgehead atoms. The van der Waals surface area contributed by atoms with Crippen LogP contribution in [-0.4, -0.2) is 49.4 Å². The number of rotatable bonds is 6. The summed E-state index contributed by atoms with van der Waals surface area (Å²) in [6.07, 6.45) is 4.79. The molecule has 7 heteroatoms. The molecule has 1 aliphatic heterocycles. The zero-order chi connectivity index (χ0) is 18.7. The molecule has 3 rings (SSSR count). The third-order valence-electron chi connectivity index (χ3n) is 5.65. The predicted octanol–water partition coefficient (Wildman–Crippen LogP) is 1.92. The van der Waals surface area contributed by atoms with E-state index in [4.69, 9.17) is 11.6 Å². The maximum Gasteiger partial charge on any atom is 0.278 e. The summed E-state index contributed by atoms with van der Waals surface area (Å²) in [5.74, 6) is 0.376. The minimum atomic E-state index is -3.00. The van der Waals surface area contributed by atoms with Crippen molar-refractivity contribution in [1.82, 2.24) is 4.90 Å². The van der Waals surface area contributed by atoms with Gasteiger partial charge in [-0.25, -0.2) is 8.42 Å². The lowest BCUT2D eigenvalue weighted by Crippen LogP contribution is -2.87. The van der Waals surface area contributed by atoms with Crippen molar-refractivity contribution < 1.29 is 18.5 Å². The van der Waals surface area contributed by atoms with Crippen LogP contribution in [0.5, 0.6) is 0 Å². The highest BCUT2D eigenvalue weighted by Gasteiger charge is 2.39. The van der Waals surface area contributed by atoms with Crippen molar-refractivity contribution in [3.63, 3.8) is 0 Å². The van der Waals surface area contributed by atoms with Gasteiger partial charge < -0.3 is 10.2 Å². The van der Waals surface area contributed by atoms with Crippen molar-refractivity contribution in [1.29, 1.82) is 0 Å². The fraction of sp³-hybridized carbons (Fsp3) is 0.632. The van der Waals surface area contributed by atoms with Gasteiger partial charge in [0, 0.05) is 22.7 Å². The summed E-state index contributed by atoms with van der Waals surface area (Å²) in [4.78, 5) is 14.9. The van der Waals surface area contributed by atoms with Crippen LogP contribution in [0.2, 0.25) is 5.02 Å². The van der Waals surface area contributed by atoms with Gasteiger partial charge >= 0.3 is 0 Å². The molecule has 2 fully saturated rings. The molecule has 0 aromatic heterocycles. The molecule has 0 spiro atoms. The molecule has 26 heavy (non-hydrogen) atoms. The molecule has 1 heterocycles. The molecule has 144 valence electrons. The van der Waals surface area contributed by atoms with Gasteiger partial charge in [0.1, 0.15) is 6.04 Å². The topological polar surface area (TPSA) is 71.1 Å². The lowest BCUT2D eigenvalue weighted by Gasteiger charge is -2.33. The summed E-state index contributed by atoms with van der Waals surface area (Å²) in [6, 6.07) is 7.80. The number of sulfone groups is 1. The van der Waals surface area contributed by atoms with Crippen molar-refractivity contribution in [2.45, 2.75) is 57.2 Å². The summed E-state index contributed by atoms with van der Waals surface area (Å²) < 4.78 is 23.8. The van der Waals surface area contributed by atoms with Crippen LogP contribution in [0.1, 0.15) is 50.6 Å². The highest BCUT2D eigenvalue weighted by molar-refractivity contribution is 7.91. The van der Waals surface area contributed by atoms with Crippen LogP contribution >= 0.6 is 11.6 Å². The molecular formula is C19H28ClN2O3S+. The Morgan fingerprint density at radius 2 is 1.92 bits per heavy atom. The minimum absolute atomic E-state index is 0.0536. The smallest absolute Gasteiger partial charge is 0.278 e. The van der Waals surface area contributed by atoms with Crippen molar-refractivity contribution in [3.8, 4) is 0 Å². The van der Waals surface area contributed by atoms with E-state index in [9.17, 15) is 13.2 Å². The molecule has 2 N–H and O–H groups in total. The first-order valence-corrected chi connectivity index (χ1v) is 11.7. The molecule has 1 amide bonds. The highest BCUT2D eigenvalue weighted by atomic mass is 35.5. The summed E-state index contributed by atoms with van der Waals surface area (Å²) in [5, 5.41) is 2.70. The largest absolute Gasteiger partial charge is 0.332 e. The van der Waals surface area contributed by atoms with Gasteiger partial charge in [-0.3, -0.25) is 4.79 Å². The Balaban J connectivity index is 1.67. The van der Waals surface area contributed by atoms with Crippen LogP contribution in [0.4, 0.5) is 0 Å². The molecule has 1 saturated carbocycles. The normalized spacial score (nSPS) is 23.8. The third kappa shape index (κ3) is 4.59. The van der Waals surface area contributed by atoms with Crippen molar-refractivity contribution in [2.75, 3.05) is 18.1 Å². The summed E-state index contributed by atoms with van der Waals surface area (Å²) in [6.45, 7) is 2.36. The number of hydrogen-bond donors (Lipinski definition) is 1. The van der Waals surface area contributed by atoms with Crippen molar-refractivity contribution >= 4 is 27.3 Å². The van der Waals surface area contributed by atoms with E-state index in [1.54, 1.807) is 0 Å². The Kier molecular flexibility index (Phi) is 6.25. The second-order valence-corrected chi connectivity index (χ2v) is 10.2. The Labute approximate surface area is 161 Å². The van der Waals surface area contributed by atoms with E-state index in [1.807, 2.05) is 41.4 Å². The summed E-state index contributed by atoms with van der Waals surface area (Å²) in [7, 11) is -3.00. The minimum Gasteiger partial charge on any atom is -0.332 e. The van der Waals surface area contributed by atoms with E-state index < -0.39 is 9.84 Å². The number of amides is 1. The van der Waals surface area contributed by atoms with E-state index in [1.165, 1.54) is 0 Å². The maximum atomic E-state index is 13.0. The Hall–Kier alpha value is -1.11. The SMILES string of the molecule is C[C@H]([NH2+]CC(=O)N(C1CCCC1)[C@H]1CCS(=O)(=O)C1)c1ccccc1Cl. The molecule has 5 nitrogen and oxygen atoms in total. The zero-order valence-electron chi connectivity index (χ0n) is 15.2. The number of hydrogen-bond acceptors (Lipinski definition) is 3. The number of quaternary nitrogens is 1. The average molecular weight is 400 g/mol. The molecule has 2 aliphatic rings. The second-order valence-electron chi connectivity index (χ2n) is 7.55. The van der Waals surface area contributed by atoms with Crippen LogP contribution in [0, 0.1) is 0 Å². The quantitative estimate of drug-likeness (QED) is 0.794. The third-order valence-corrected chi connectivity index (χ3v) is 7.74. The monoisotopic (exact) mass is 399 g/mol. The van der Waals surface area contributed by atoms with Gasteiger partial charge in [0.2, 0.25) is 0 Å². The molecule has 0 unspecified atom stereocenters. The van der Waals surface area contributed by atoms with E-state index in [-0.39, 0.29) is 35.5 Å². The lowest BCUT2D eigenvalue weighted by atomic mass is 10.1. The molecule has 1 aromatic rings. The summed E-state index contributed by atoms with van der Waals surface area (Å²) >= 11 is 6.25. The summed E-state index contributed by atoms with van der Waals surface area (Å²) in [5.41, 5.74) is 1.01. The van der Waals surface area contributed by atoms with Gasteiger partial charge in [0.25, 0.3) is 5.91 Å². The fourth-order valence-electron chi connectivity index (χ4n) is 4.24. The van der Waals surface area contributed by atoms with Gasteiger partial charge in [-0.05, 0) is 32.3 Å². The first-order valence-electron chi connectivity index (χ1n) is 9.47. The van der Waals surface area contributed by atoms with E-state index in [0.29, 0.717) is 18.0 Å². The first-order chi connectivity index (χ1) is 12.4. The number of nitrogens with zero attached hydrogens (tertiary/aromatic N) is 1. The number of halogens is 1. The van der Waals surface area contributed by atoms with Gasteiger partial charge in [-0.15, -0.1) is 0 Å². The molecule has 1 aromatic carbocycles. The fourth-order valence-corrected chi connectivity index (χ4v) is 6.26. The Morgan fingerprint density at radius 1 is 1.23 bits per heavy atom. The molecule has 1 saturated heterocycles. The van der Waals surface area contributed by atoms with Crippen molar-refractivity contribution in [3.05, 3.63) is 34.9 Å². The van der Waals surface area contributed by atoms with Gasteiger partial charge in [-0.2, -0.15) is 0 Å². The first kappa shape index (κ1) is 19.6. The van der Waals surface area contributed by atoms with Crippen LogP contribution in [0.15, 0.2) is 24.3 Å². The lowest BCUT2D eigenvalue weighted by molar-refractivity contribution is -0.683. The molecule has 1 aliphatic carbocycles. The van der Waals surface area contributed by atoms with E-state index in [0.717, 1.165) is 31.2 Å². The molecule has 0 radical (unpaired) electrons. The maximum absolute atomic E-state index is 13.0. The average Bonchev–Trinajstić information content (AvgIpc) is 3.23. The van der Waals surface area contributed by atoms with Crippen LogP contribution < -0.4 is 5.32 Å². The zero-order valence-corrected chi connectivity index (χ0v) is 16.8. The van der Waals surface area contributed by atoms with Gasteiger partial charge in [-0.1, -0.05) is 42.6 Å². The predicted molar refractivity (Wildman–Crippen MR) is 103 cm³/mol. The highest BCUT2D eigenvalue weighted by Crippen LogP contribution is 2.29. The van der Waals surface area contributed by atoms with Crippen LogP contribution in [-0.2, 0) is 14.6 Å². The van der Waals surface area contributed by atoms with E-state index >= 15 is 0 Å². The Bertz CT molecular complexity index is 747. The number of nitrogens with two attached hydrogens (primary N) is 1. The number of carbonyl (C=O) groups is 1. The molecular weight excluding hydrogens is 372 g/mol. The number of benzene rings is 1. The van der Waals surface area contributed by atoms with Crippen molar-refractivity contribution in [2.24, 2.45) is 0 Å². The van der Waals surface area contributed by atoms with Crippen LogP contribution in [0.3, 0.4) is 0 Å². The van der Waals surface area contributed by atoms with E-state index in [2.05, 4.69) is 0 Å².